The zero-order valence-corrected chi connectivity index (χ0v) is 12.4. The number of nitrogens with zero attached hydrogens (tertiary/aromatic N) is 1. The number of hydrogen-bond donors (Lipinski definition) is 1. The van der Waals surface area contributed by atoms with Gasteiger partial charge in [0.15, 0.2) is 0 Å². The summed E-state index contributed by atoms with van der Waals surface area (Å²) in [6.45, 7) is 0.945. The molecule has 1 aromatic heterocycles. The lowest BCUT2D eigenvalue weighted by atomic mass is 10.1. The number of aromatic nitrogens is 1. The standard InChI is InChI=1S/C18H16N2S/c1-3-7-15-13(5-1)14-6-2-4-8-16(14)18(15)20-10-9-17-19-11-12-21-17/h1-8,11-12,18,20H,9-10H2. The lowest BCUT2D eigenvalue weighted by Gasteiger charge is -2.15. The van der Waals surface area contributed by atoms with Gasteiger partial charge in [0.05, 0.1) is 11.0 Å². The quantitative estimate of drug-likeness (QED) is 0.785. The molecule has 0 atom stereocenters. The Labute approximate surface area is 128 Å². The lowest BCUT2D eigenvalue weighted by Crippen LogP contribution is -2.23. The molecule has 0 spiro atoms. The molecule has 3 heteroatoms. The van der Waals surface area contributed by atoms with E-state index in [1.165, 1.54) is 27.3 Å². The topological polar surface area (TPSA) is 24.9 Å². The fraction of sp³-hybridized carbons (Fsp3) is 0.167. The highest BCUT2D eigenvalue weighted by molar-refractivity contribution is 7.09. The summed E-state index contributed by atoms with van der Waals surface area (Å²) in [6.07, 6.45) is 2.86. The molecule has 0 unspecified atom stereocenters. The van der Waals surface area contributed by atoms with Crippen LogP contribution >= 0.6 is 11.3 Å². The maximum atomic E-state index is 4.35. The molecule has 0 bridgehead atoms. The number of rotatable bonds is 4. The summed E-state index contributed by atoms with van der Waals surface area (Å²) < 4.78 is 0. The minimum absolute atomic E-state index is 0.303. The first-order valence-corrected chi connectivity index (χ1v) is 8.11. The van der Waals surface area contributed by atoms with Gasteiger partial charge in [-0.25, -0.2) is 4.98 Å². The molecule has 0 saturated carbocycles. The summed E-state index contributed by atoms with van der Waals surface area (Å²) >= 11 is 1.73. The third-order valence-corrected chi connectivity index (χ3v) is 4.84. The Morgan fingerprint density at radius 3 is 2.24 bits per heavy atom. The first-order valence-electron chi connectivity index (χ1n) is 7.23. The zero-order chi connectivity index (χ0) is 14.1. The van der Waals surface area contributed by atoms with Gasteiger partial charge in [0, 0.05) is 24.5 Å². The highest BCUT2D eigenvalue weighted by Gasteiger charge is 2.27. The average Bonchev–Trinajstić information content (AvgIpc) is 3.15. The molecule has 21 heavy (non-hydrogen) atoms. The molecule has 0 radical (unpaired) electrons. The monoisotopic (exact) mass is 292 g/mol. The summed E-state index contributed by atoms with van der Waals surface area (Å²) in [5.74, 6) is 0. The van der Waals surface area contributed by atoms with Crippen LogP contribution in [0.5, 0.6) is 0 Å². The number of benzene rings is 2. The van der Waals surface area contributed by atoms with Crippen LogP contribution in [0.3, 0.4) is 0 Å². The van der Waals surface area contributed by atoms with Crippen LogP contribution in [0.1, 0.15) is 22.2 Å². The van der Waals surface area contributed by atoms with E-state index in [-0.39, 0.29) is 0 Å². The van der Waals surface area contributed by atoms with Gasteiger partial charge >= 0.3 is 0 Å². The largest absolute Gasteiger partial charge is 0.306 e. The van der Waals surface area contributed by atoms with Gasteiger partial charge in [0.1, 0.15) is 0 Å². The van der Waals surface area contributed by atoms with Gasteiger partial charge in [0.25, 0.3) is 0 Å². The summed E-state index contributed by atoms with van der Waals surface area (Å²) in [5, 5.41) is 6.93. The van der Waals surface area contributed by atoms with E-state index in [0.717, 1.165) is 13.0 Å². The summed E-state index contributed by atoms with van der Waals surface area (Å²) in [6, 6.07) is 17.7. The second-order valence-corrected chi connectivity index (χ2v) is 6.22. The second-order valence-electron chi connectivity index (χ2n) is 5.24. The van der Waals surface area contributed by atoms with Crippen molar-refractivity contribution in [3.8, 4) is 11.1 Å². The van der Waals surface area contributed by atoms with Crippen LogP contribution in [0, 0.1) is 0 Å². The van der Waals surface area contributed by atoms with Crippen molar-refractivity contribution in [2.75, 3.05) is 6.54 Å². The third kappa shape index (κ3) is 2.28. The van der Waals surface area contributed by atoms with Gasteiger partial charge in [0.2, 0.25) is 0 Å². The van der Waals surface area contributed by atoms with Crippen molar-refractivity contribution >= 4 is 11.3 Å². The number of hydrogen-bond acceptors (Lipinski definition) is 3. The first kappa shape index (κ1) is 12.7. The Balaban J connectivity index is 1.59. The second kappa shape index (κ2) is 5.43. The van der Waals surface area contributed by atoms with Crippen molar-refractivity contribution in [1.82, 2.24) is 10.3 Å². The van der Waals surface area contributed by atoms with Crippen molar-refractivity contribution in [2.24, 2.45) is 0 Å². The van der Waals surface area contributed by atoms with Crippen LogP contribution in [-0.2, 0) is 6.42 Å². The third-order valence-electron chi connectivity index (χ3n) is 4.00. The molecule has 104 valence electrons. The minimum Gasteiger partial charge on any atom is -0.306 e. The highest BCUT2D eigenvalue weighted by Crippen LogP contribution is 2.42. The molecule has 2 nitrogen and oxygen atoms in total. The van der Waals surface area contributed by atoms with Gasteiger partial charge in [-0.05, 0) is 22.3 Å². The summed E-state index contributed by atoms with van der Waals surface area (Å²) in [4.78, 5) is 4.35. The van der Waals surface area contributed by atoms with Gasteiger partial charge in [-0.1, -0.05) is 48.5 Å². The van der Waals surface area contributed by atoms with Crippen molar-refractivity contribution in [3.05, 3.63) is 76.2 Å². The molecule has 1 aliphatic carbocycles. The van der Waals surface area contributed by atoms with E-state index in [2.05, 4.69) is 58.8 Å². The summed E-state index contributed by atoms with van der Waals surface area (Å²) in [5.41, 5.74) is 5.50. The number of fused-ring (bicyclic) bond motifs is 3. The van der Waals surface area contributed by atoms with E-state index in [1.807, 2.05) is 11.6 Å². The smallest absolute Gasteiger partial charge is 0.0937 e. The molecule has 0 fully saturated rings. The zero-order valence-electron chi connectivity index (χ0n) is 11.6. The molecule has 0 aliphatic heterocycles. The fourth-order valence-electron chi connectivity index (χ4n) is 3.08. The molecule has 1 N–H and O–H groups in total. The van der Waals surface area contributed by atoms with Crippen molar-refractivity contribution in [3.63, 3.8) is 0 Å². The Kier molecular flexibility index (Phi) is 3.30. The van der Waals surface area contributed by atoms with Crippen LogP contribution in [0.4, 0.5) is 0 Å². The van der Waals surface area contributed by atoms with E-state index < -0.39 is 0 Å². The molecular weight excluding hydrogens is 276 g/mol. The predicted octanol–water partition coefficient (Wildman–Crippen LogP) is 4.05. The van der Waals surface area contributed by atoms with Crippen LogP contribution in [0.25, 0.3) is 11.1 Å². The van der Waals surface area contributed by atoms with Crippen molar-refractivity contribution < 1.29 is 0 Å². The number of thiazole rings is 1. The van der Waals surface area contributed by atoms with Crippen LogP contribution in [0.2, 0.25) is 0 Å². The molecule has 0 amide bonds. The average molecular weight is 292 g/mol. The number of nitrogens with one attached hydrogen (secondary N) is 1. The SMILES string of the molecule is c1ccc2c(c1)-c1ccccc1C2NCCc1nccs1. The minimum atomic E-state index is 0.303. The predicted molar refractivity (Wildman–Crippen MR) is 87.5 cm³/mol. The molecule has 1 aliphatic rings. The van der Waals surface area contributed by atoms with E-state index in [1.54, 1.807) is 11.3 Å². The lowest BCUT2D eigenvalue weighted by molar-refractivity contribution is 0.615. The van der Waals surface area contributed by atoms with Gasteiger partial charge in [-0.15, -0.1) is 11.3 Å². The Morgan fingerprint density at radius 2 is 1.62 bits per heavy atom. The fourth-order valence-corrected chi connectivity index (χ4v) is 3.70. The van der Waals surface area contributed by atoms with Crippen LogP contribution < -0.4 is 5.32 Å². The first-order chi connectivity index (χ1) is 10.4. The Hall–Kier alpha value is -1.97. The maximum absolute atomic E-state index is 4.35. The molecule has 2 aromatic carbocycles. The molecular formula is C18H16N2S. The Bertz CT molecular complexity index is 704. The Morgan fingerprint density at radius 1 is 0.952 bits per heavy atom. The molecule has 4 rings (SSSR count). The van der Waals surface area contributed by atoms with Gasteiger partial charge < -0.3 is 5.32 Å². The van der Waals surface area contributed by atoms with Gasteiger partial charge in [-0.3, -0.25) is 0 Å². The molecule has 0 saturated heterocycles. The van der Waals surface area contributed by atoms with E-state index in [4.69, 9.17) is 0 Å². The molecule has 1 heterocycles. The van der Waals surface area contributed by atoms with Crippen LogP contribution in [0.15, 0.2) is 60.1 Å². The van der Waals surface area contributed by atoms with E-state index in [9.17, 15) is 0 Å². The highest BCUT2D eigenvalue weighted by atomic mass is 32.1. The maximum Gasteiger partial charge on any atom is 0.0937 e. The van der Waals surface area contributed by atoms with E-state index >= 15 is 0 Å². The van der Waals surface area contributed by atoms with Gasteiger partial charge in [-0.2, -0.15) is 0 Å². The van der Waals surface area contributed by atoms with Crippen molar-refractivity contribution in [2.45, 2.75) is 12.5 Å². The normalized spacial score (nSPS) is 13.1. The van der Waals surface area contributed by atoms with Crippen LogP contribution in [-0.4, -0.2) is 11.5 Å². The summed E-state index contributed by atoms with van der Waals surface area (Å²) in [7, 11) is 0. The molecule has 3 aromatic rings. The van der Waals surface area contributed by atoms with E-state index in [0.29, 0.717) is 6.04 Å². The van der Waals surface area contributed by atoms with Crippen molar-refractivity contribution in [1.29, 1.82) is 0 Å².